The summed E-state index contributed by atoms with van der Waals surface area (Å²) in [5.74, 6) is 0.514. The van der Waals surface area contributed by atoms with Crippen molar-refractivity contribution >= 4 is 21.6 Å². The van der Waals surface area contributed by atoms with Crippen LogP contribution in [0.2, 0.25) is 0 Å². The molecular formula is C23H28N2O4S. The Bertz CT molecular complexity index is 1010. The largest absolute Gasteiger partial charge is 0.481 e. The summed E-state index contributed by atoms with van der Waals surface area (Å²) < 4.78 is 32.7. The molecule has 0 saturated carbocycles. The van der Waals surface area contributed by atoms with E-state index in [4.69, 9.17) is 4.74 Å². The van der Waals surface area contributed by atoms with Gasteiger partial charge in [0.1, 0.15) is 5.75 Å². The van der Waals surface area contributed by atoms with Crippen molar-refractivity contribution in [3.8, 4) is 5.75 Å². The van der Waals surface area contributed by atoms with Gasteiger partial charge in [-0.15, -0.1) is 0 Å². The maximum atomic E-state index is 12.6. The van der Waals surface area contributed by atoms with E-state index in [0.29, 0.717) is 18.8 Å². The van der Waals surface area contributed by atoms with Gasteiger partial charge in [0.15, 0.2) is 6.10 Å². The number of nitrogens with zero attached hydrogens (tertiary/aromatic N) is 1. The van der Waals surface area contributed by atoms with Crippen molar-refractivity contribution in [2.75, 3.05) is 18.4 Å². The van der Waals surface area contributed by atoms with E-state index in [0.717, 1.165) is 37.9 Å². The normalized spacial score (nSPS) is 17.9. The summed E-state index contributed by atoms with van der Waals surface area (Å²) in [6, 6.07) is 12.4. The number of carbonyl (C=O) groups is 1. The predicted molar refractivity (Wildman–Crippen MR) is 116 cm³/mol. The topological polar surface area (TPSA) is 75.7 Å². The first kappa shape index (κ1) is 20.9. The van der Waals surface area contributed by atoms with Crippen molar-refractivity contribution in [1.82, 2.24) is 4.31 Å². The van der Waals surface area contributed by atoms with E-state index >= 15 is 0 Å². The average molecular weight is 429 g/mol. The fourth-order valence-electron chi connectivity index (χ4n) is 4.13. The van der Waals surface area contributed by atoms with Crippen LogP contribution >= 0.6 is 0 Å². The van der Waals surface area contributed by atoms with E-state index in [-0.39, 0.29) is 10.8 Å². The Morgan fingerprint density at radius 1 is 1.00 bits per heavy atom. The molecule has 160 valence electrons. The zero-order valence-electron chi connectivity index (χ0n) is 17.3. The molecule has 7 heteroatoms. The van der Waals surface area contributed by atoms with Gasteiger partial charge in [0, 0.05) is 18.8 Å². The van der Waals surface area contributed by atoms with Crippen LogP contribution in [-0.2, 0) is 27.7 Å². The molecule has 4 rings (SSSR count). The standard InChI is InChI=1S/C23H28N2O4S/c1-17(29-22-10-6-8-18-7-2-3-9-21(18)22)23(26)24-19-11-13-20(14-12-19)30(27,28)25-15-4-5-16-25/h6,8,10-14,17H,2-5,7,9,15-16H2,1H3,(H,24,26)/t17-/m0/s1. The first-order valence-corrected chi connectivity index (χ1v) is 12.1. The molecule has 0 spiro atoms. The molecule has 0 unspecified atom stereocenters. The maximum absolute atomic E-state index is 12.6. The van der Waals surface area contributed by atoms with Gasteiger partial charge < -0.3 is 10.1 Å². The van der Waals surface area contributed by atoms with E-state index < -0.39 is 16.1 Å². The lowest BCUT2D eigenvalue weighted by Crippen LogP contribution is -2.30. The van der Waals surface area contributed by atoms with Crippen LogP contribution in [0.3, 0.4) is 0 Å². The highest BCUT2D eigenvalue weighted by Crippen LogP contribution is 2.30. The Morgan fingerprint density at radius 2 is 1.70 bits per heavy atom. The number of fused-ring (bicyclic) bond motifs is 1. The highest BCUT2D eigenvalue weighted by atomic mass is 32.2. The van der Waals surface area contributed by atoms with E-state index in [9.17, 15) is 13.2 Å². The first-order chi connectivity index (χ1) is 14.4. The summed E-state index contributed by atoms with van der Waals surface area (Å²) >= 11 is 0. The predicted octanol–water partition coefficient (Wildman–Crippen LogP) is 3.76. The molecule has 2 aromatic rings. The number of benzene rings is 2. The van der Waals surface area contributed by atoms with Crippen molar-refractivity contribution in [2.45, 2.75) is 56.4 Å². The summed E-state index contributed by atoms with van der Waals surface area (Å²) in [7, 11) is -3.45. The van der Waals surface area contributed by atoms with Crippen LogP contribution in [0.1, 0.15) is 43.7 Å². The molecule has 30 heavy (non-hydrogen) atoms. The molecule has 1 saturated heterocycles. The zero-order valence-corrected chi connectivity index (χ0v) is 18.1. The lowest BCUT2D eigenvalue weighted by Gasteiger charge is -2.22. The van der Waals surface area contributed by atoms with Gasteiger partial charge in [-0.05, 0) is 86.9 Å². The molecule has 1 amide bonds. The minimum absolute atomic E-state index is 0.252. The van der Waals surface area contributed by atoms with Crippen LogP contribution in [0, 0.1) is 0 Å². The number of hydrogen-bond acceptors (Lipinski definition) is 4. The molecule has 1 aliphatic heterocycles. The van der Waals surface area contributed by atoms with E-state index in [1.54, 1.807) is 31.2 Å². The van der Waals surface area contributed by atoms with Gasteiger partial charge in [-0.25, -0.2) is 8.42 Å². The van der Waals surface area contributed by atoms with E-state index in [1.165, 1.54) is 21.9 Å². The molecule has 0 bridgehead atoms. The molecule has 0 radical (unpaired) electrons. The fraction of sp³-hybridized carbons (Fsp3) is 0.435. The molecule has 0 aromatic heterocycles. The van der Waals surface area contributed by atoms with Crippen molar-refractivity contribution in [3.05, 3.63) is 53.6 Å². The Labute approximate surface area is 178 Å². The van der Waals surface area contributed by atoms with Gasteiger partial charge in [0.2, 0.25) is 10.0 Å². The monoisotopic (exact) mass is 428 g/mol. The molecule has 2 aromatic carbocycles. The first-order valence-electron chi connectivity index (χ1n) is 10.6. The van der Waals surface area contributed by atoms with Crippen LogP contribution in [-0.4, -0.2) is 37.8 Å². The highest BCUT2D eigenvalue weighted by Gasteiger charge is 2.27. The number of aryl methyl sites for hydroxylation is 1. The molecule has 1 N–H and O–H groups in total. The smallest absolute Gasteiger partial charge is 0.265 e. The lowest BCUT2D eigenvalue weighted by molar-refractivity contribution is -0.122. The Balaban J connectivity index is 1.40. The molecule has 1 atom stereocenters. The fourth-order valence-corrected chi connectivity index (χ4v) is 5.65. The summed E-state index contributed by atoms with van der Waals surface area (Å²) in [6.45, 7) is 2.86. The van der Waals surface area contributed by atoms with Crippen molar-refractivity contribution in [1.29, 1.82) is 0 Å². The third-order valence-electron chi connectivity index (χ3n) is 5.85. The highest BCUT2D eigenvalue weighted by molar-refractivity contribution is 7.89. The van der Waals surface area contributed by atoms with E-state index in [2.05, 4.69) is 11.4 Å². The average Bonchev–Trinajstić information content (AvgIpc) is 3.30. The number of carbonyl (C=O) groups excluding carboxylic acids is 1. The van der Waals surface area contributed by atoms with Crippen LogP contribution < -0.4 is 10.1 Å². The molecule has 6 nitrogen and oxygen atoms in total. The molecule has 1 aliphatic carbocycles. The van der Waals surface area contributed by atoms with Gasteiger partial charge in [-0.1, -0.05) is 12.1 Å². The van der Waals surface area contributed by atoms with Gasteiger partial charge in [0.05, 0.1) is 4.90 Å². The van der Waals surface area contributed by atoms with Gasteiger partial charge >= 0.3 is 0 Å². The second-order valence-electron chi connectivity index (χ2n) is 7.99. The summed E-state index contributed by atoms with van der Waals surface area (Å²) in [4.78, 5) is 12.9. The number of sulfonamides is 1. The molecule has 1 fully saturated rings. The summed E-state index contributed by atoms with van der Waals surface area (Å²) in [5, 5.41) is 2.82. The number of ether oxygens (including phenoxy) is 1. The van der Waals surface area contributed by atoms with Crippen molar-refractivity contribution < 1.29 is 17.9 Å². The number of hydrogen-bond donors (Lipinski definition) is 1. The van der Waals surface area contributed by atoms with Gasteiger partial charge in [-0.2, -0.15) is 4.31 Å². The Hall–Kier alpha value is -2.38. The van der Waals surface area contributed by atoms with Gasteiger partial charge in [0.25, 0.3) is 5.91 Å². The molecule has 2 aliphatic rings. The Morgan fingerprint density at radius 3 is 2.43 bits per heavy atom. The summed E-state index contributed by atoms with van der Waals surface area (Å²) in [5.41, 5.74) is 3.06. The minimum atomic E-state index is -3.45. The van der Waals surface area contributed by atoms with Crippen LogP contribution in [0.5, 0.6) is 5.75 Å². The second-order valence-corrected chi connectivity index (χ2v) is 9.92. The Kier molecular flexibility index (Phi) is 6.11. The number of amides is 1. The minimum Gasteiger partial charge on any atom is -0.481 e. The SMILES string of the molecule is C[C@H](Oc1cccc2c1CCCC2)C(=O)Nc1ccc(S(=O)(=O)N2CCCC2)cc1. The second kappa shape index (κ2) is 8.78. The van der Waals surface area contributed by atoms with Crippen molar-refractivity contribution in [2.24, 2.45) is 0 Å². The van der Waals surface area contributed by atoms with E-state index in [1.807, 2.05) is 12.1 Å². The van der Waals surface area contributed by atoms with Crippen LogP contribution in [0.15, 0.2) is 47.4 Å². The van der Waals surface area contributed by atoms with Crippen LogP contribution in [0.25, 0.3) is 0 Å². The third kappa shape index (κ3) is 4.37. The third-order valence-corrected chi connectivity index (χ3v) is 7.76. The van der Waals surface area contributed by atoms with Crippen molar-refractivity contribution in [3.63, 3.8) is 0 Å². The summed E-state index contributed by atoms with van der Waals surface area (Å²) in [6.07, 6.45) is 5.50. The maximum Gasteiger partial charge on any atom is 0.265 e. The quantitative estimate of drug-likeness (QED) is 0.760. The molecule has 1 heterocycles. The van der Waals surface area contributed by atoms with Crippen LogP contribution in [0.4, 0.5) is 5.69 Å². The van der Waals surface area contributed by atoms with Gasteiger partial charge in [-0.3, -0.25) is 4.79 Å². The molecular weight excluding hydrogens is 400 g/mol. The zero-order chi connectivity index (χ0) is 21.1. The lowest BCUT2D eigenvalue weighted by atomic mass is 9.91. The number of rotatable bonds is 6. The number of anilines is 1. The number of nitrogens with one attached hydrogen (secondary N) is 1.